The maximum atomic E-state index is 11.8. The summed E-state index contributed by atoms with van der Waals surface area (Å²) in [6, 6.07) is 27.9. The molecular weight excluding hydrogens is 554 g/mol. The van der Waals surface area contributed by atoms with Crippen LogP contribution in [0, 0.1) is 6.92 Å². The van der Waals surface area contributed by atoms with Crippen LogP contribution in [0.5, 0.6) is 0 Å². The lowest BCUT2D eigenvalue weighted by molar-refractivity contribution is 0.0679. The summed E-state index contributed by atoms with van der Waals surface area (Å²) in [4.78, 5) is 22.5. The van der Waals surface area contributed by atoms with E-state index in [1.807, 2.05) is 80.6 Å². The molecule has 0 spiro atoms. The second kappa shape index (κ2) is 15.0. The van der Waals surface area contributed by atoms with Crippen molar-refractivity contribution in [3.8, 4) is 17.1 Å². The second-order valence-electron chi connectivity index (χ2n) is 8.53. The summed E-state index contributed by atoms with van der Waals surface area (Å²) >= 11 is 0. The maximum Gasteiger partial charge on any atom is 0.376 e. The molecule has 0 aliphatic heterocycles. The van der Waals surface area contributed by atoms with Crippen molar-refractivity contribution in [3.05, 3.63) is 108 Å². The number of aromatic nitrogens is 12. The number of tetrazole rings is 3. The number of carboxylic acid groups (broad SMARTS) is 1. The largest absolute Gasteiger partial charge is 0.475 e. The van der Waals surface area contributed by atoms with Crippen LogP contribution in [0.1, 0.15) is 40.4 Å². The first-order valence-corrected chi connectivity index (χ1v) is 13.0. The fourth-order valence-electron chi connectivity index (χ4n) is 3.49. The summed E-state index contributed by atoms with van der Waals surface area (Å²) in [5.74, 6) is -0.624. The van der Waals surface area contributed by atoms with Crippen LogP contribution in [0.25, 0.3) is 17.1 Å². The lowest BCUT2D eigenvalue weighted by Gasteiger charge is -2.04. The smallest absolute Gasteiger partial charge is 0.376 e. The van der Waals surface area contributed by atoms with Gasteiger partial charge in [-0.1, -0.05) is 61.5 Å². The number of nitrogens with one attached hydrogen (secondary N) is 1. The first-order valence-electron chi connectivity index (χ1n) is 13.0. The van der Waals surface area contributed by atoms with Crippen LogP contribution in [-0.4, -0.2) is 84.1 Å². The Bertz CT molecular complexity index is 1720. The first kappa shape index (κ1) is 29.8. The number of aryl methyl sites for hydroxylation is 1. The molecule has 0 saturated heterocycles. The van der Waals surface area contributed by atoms with E-state index in [0.717, 1.165) is 23.6 Å². The zero-order valence-electron chi connectivity index (χ0n) is 23.2. The minimum Gasteiger partial charge on any atom is -0.475 e. The van der Waals surface area contributed by atoms with E-state index >= 15 is 0 Å². The number of carbonyl (C=O) groups is 2. The monoisotopic (exact) mass is 581 g/mol. The Kier molecular flexibility index (Phi) is 10.4. The number of carbonyl (C=O) groups excluding carboxylic acids is 1. The van der Waals surface area contributed by atoms with Gasteiger partial charge in [0.25, 0.3) is 11.7 Å². The topological polar surface area (TPSA) is 197 Å². The Hall–Kier alpha value is -6.19. The standard InChI is InChI=1S/C11H13N5O.C8H6N4O2.C8H8N4/c1-2-8-12-11(17)10-13-14-15-16(10)9-6-4-3-5-7-9;13-8(14)7-9-10-11-12(7)6-4-2-1-3-5-6;1-7-9-10-11-12(7)8-5-3-2-4-6-8/h3-7H,2,8H2,1H3,(H,12,17);1-5H,(H,13,14);2-6H,1H3. The Morgan fingerprint density at radius 3 is 1.51 bits per heavy atom. The van der Waals surface area contributed by atoms with Crippen molar-refractivity contribution < 1.29 is 14.7 Å². The van der Waals surface area contributed by atoms with Crippen molar-refractivity contribution in [2.24, 2.45) is 0 Å². The average Bonchev–Trinajstić information content (AvgIpc) is 3.83. The second-order valence-corrected chi connectivity index (χ2v) is 8.53. The fraction of sp³-hybridized carbons (Fsp3) is 0.148. The van der Waals surface area contributed by atoms with Crippen molar-refractivity contribution in [2.45, 2.75) is 20.3 Å². The summed E-state index contributed by atoms with van der Waals surface area (Å²) in [7, 11) is 0. The summed E-state index contributed by atoms with van der Waals surface area (Å²) < 4.78 is 4.29. The molecule has 0 fully saturated rings. The van der Waals surface area contributed by atoms with Crippen LogP contribution < -0.4 is 5.32 Å². The Balaban J connectivity index is 0.000000150. The van der Waals surface area contributed by atoms with Crippen molar-refractivity contribution in [3.63, 3.8) is 0 Å². The molecule has 0 bridgehead atoms. The predicted molar refractivity (Wildman–Crippen MR) is 152 cm³/mol. The van der Waals surface area contributed by atoms with E-state index in [2.05, 4.69) is 51.9 Å². The van der Waals surface area contributed by atoms with Crippen molar-refractivity contribution in [2.75, 3.05) is 6.54 Å². The van der Waals surface area contributed by atoms with Crippen LogP contribution in [0.3, 0.4) is 0 Å². The third kappa shape index (κ3) is 7.94. The van der Waals surface area contributed by atoms with Crippen LogP contribution in [0.2, 0.25) is 0 Å². The highest BCUT2D eigenvalue weighted by atomic mass is 16.4. The highest BCUT2D eigenvalue weighted by Gasteiger charge is 2.16. The number of para-hydroxylation sites is 3. The zero-order valence-corrected chi connectivity index (χ0v) is 23.2. The van der Waals surface area contributed by atoms with E-state index in [1.54, 1.807) is 28.9 Å². The molecule has 6 rings (SSSR count). The minimum absolute atomic E-state index is 0.198. The van der Waals surface area contributed by atoms with Gasteiger partial charge in [0.1, 0.15) is 0 Å². The van der Waals surface area contributed by atoms with Crippen LogP contribution >= 0.6 is 0 Å². The minimum atomic E-state index is -1.15. The Morgan fingerprint density at radius 2 is 1.07 bits per heavy atom. The van der Waals surface area contributed by atoms with Crippen LogP contribution in [0.4, 0.5) is 0 Å². The van der Waals surface area contributed by atoms with Crippen molar-refractivity contribution >= 4 is 11.9 Å². The van der Waals surface area contributed by atoms with Gasteiger partial charge in [-0.05, 0) is 81.0 Å². The summed E-state index contributed by atoms with van der Waals surface area (Å²) in [5.41, 5.74) is 2.37. The van der Waals surface area contributed by atoms with Gasteiger partial charge >= 0.3 is 5.97 Å². The quantitative estimate of drug-likeness (QED) is 0.279. The molecule has 3 heterocycles. The molecule has 43 heavy (non-hydrogen) atoms. The summed E-state index contributed by atoms with van der Waals surface area (Å²) in [6.45, 7) is 4.47. The molecule has 0 radical (unpaired) electrons. The molecule has 0 aliphatic rings. The molecule has 2 N–H and O–H groups in total. The van der Waals surface area contributed by atoms with Gasteiger partial charge in [-0.3, -0.25) is 4.79 Å². The van der Waals surface area contributed by atoms with Gasteiger partial charge in [0, 0.05) is 6.54 Å². The first-order chi connectivity index (χ1) is 21.0. The summed E-state index contributed by atoms with van der Waals surface area (Å²) in [5, 5.41) is 44.0. The zero-order chi connectivity index (χ0) is 30.4. The highest BCUT2D eigenvalue weighted by molar-refractivity contribution is 5.90. The molecule has 1 amide bonds. The van der Waals surface area contributed by atoms with Gasteiger partial charge in [0.05, 0.1) is 17.1 Å². The molecule has 0 aliphatic carbocycles. The van der Waals surface area contributed by atoms with Gasteiger partial charge in [-0.25, -0.2) is 4.79 Å². The normalized spacial score (nSPS) is 10.1. The number of nitrogens with zero attached hydrogens (tertiary/aromatic N) is 12. The molecule has 0 saturated carbocycles. The third-order valence-corrected chi connectivity index (χ3v) is 5.50. The van der Waals surface area contributed by atoms with Gasteiger partial charge in [0.15, 0.2) is 5.82 Å². The predicted octanol–water partition coefficient (Wildman–Crippen LogP) is 2.13. The number of amides is 1. The molecule has 0 unspecified atom stereocenters. The Labute approximate surface area is 245 Å². The fourth-order valence-corrected chi connectivity index (χ4v) is 3.49. The van der Waals surface area contributed by atoms with E-state index in [4.69, 9.17) is 5.11 Å². The highest BCUT2D eigenvalue weighted by Crippen LogP contribution is 2.08. The molecule has 3 aromatic heterocycles. The number of hydrogen-bond donors (Lipinski definition) is 2. The van der Waals surface area contributed by atoms with Crippen LogP contribution in [0.15, 0.2) is 91.0 Å². The van der Waals surface area contributed by atoms with Crippen molar-refractivity contribution in [1.82, 2.24) is 65.9 Å². The number of carboxylic acids is 1. The van der Waals surface area contributed by atoms with E-state index < -0.39 is 5.97 Å². The van der Waals surface area contributed by atoms with Crippen molar-refractivity contribution in [1.29, 1.82) is 0 Å². The van der Waals surface area contributed by atoms with E-state index in [9.17, 15) is 9.59 Å². The lowest BCUT2D eigenvalue weighted by Crippen LogP contribution is -2.27. The van der Waals surface area contributed by atoms with Gasteiger partial charge in [0.2, 0.25) is 5.82 Å². The molecule has 16 nitrogen and oxygen atoms in total. The number of hydrogen-bond acceptors (Lipinski definition) is 11. The number of rotatable bonds is 7. The van der Waals surface area contributed by atoms with Crippen LogP contribution in [-0.2, 0) is 0 Å². The lowest BCUT2D eigenvalue weighted by atomic mass is 10.3. The SMILES string of the molecule is CCCNC(=O)c1nnnn1-c1ccccc1.Cc1nnnn1-c1ccccc1.O=C(O)c1nnnn1-c1ccccc1. The van der Waals surface area contributed by atoms with Gasteiger partial charge < -0.3 is 10.4 Å². The summed E-state index contributed by atoms with van der Waals surface area (Å²) in [6.07, 6.45) is 0.874. The third-order valence-electron chi connectivity index (χ3n) is 5.50. The number of aromatic carboxylic acids is 1. The Morgan fingerprint density at radius 1 is 0.651 bits per heavy atom. The maximum absolute atomic E-state index is 11.8. The van der Waals surface area contributed by atoms with E-state index in [1.165, 1.54) is 9.36 Å². The molecule has 218 valence electrons. The van der Waals surface area contributed by atoms with Gasteiger partial charge in [-0.15, -0.1) is 15.3 Å². The average molecular weight is 582 g/mol. The molecule has 6 aromatic rings. The molecule has 16 heteroatoms. The molecule has 3 aromatic carbocycles. The van der Waals surface area contributed by atoms with Gasteiger partial charge in [-0.2, -0.15) is 14.0 Å². The molecular formula is C27H27N13O3. The van der Waals surface area contributed by atoms with E-state index in [-0.39, 0.29) is 17.6 Å². The molecule has 0 atom stereocenters. The number of benzene rings is 3. The van der Waals surface area contributed by atoms with E-state index in [0.29, 0.717) is 12.2 Å².